The molecular formula is C20H18ClN3O2. The molecule has 0 heterocycles. The lowest BCUT2D eigenvalue weighted by atomic mass is 10.0. The molecule has 132 valence electrons. The van der Waals surface area contributed by atoms with Gasteiger partial charge in [0, 0.05) is 16.3 Å². The summed E-state index contributed by atoms with van der Waals surface area (Å²) in [5, 5.41) is 19.5. The topological polar surface area (TPSA) is 73.7 Å². The number of anilines is 1. The Morgan fingerprint density at radius 1 is 1.15 bits per heavy atom. The molecule has 0 bridgehead atoms. The molecule has 5 nitrogen and oxygen atoms in total. The van der Waals surface area contributed by atoms with Crippen molar-refractivity contribution < 1.29 is 9.90 Å². The van der Waals surface area contributed by atoms with E-state index in [1.807, 2.05) is 36.4 Å². The van der Waals surface area contributed by atoms with Gasteiger partial charge in [0.1, 0.15) is 11.8 Å². The monoisotopic (exact) mass is 367 g/mol. The minimum atomic E-state index is -0.508. The number of nitrogens with one attached hydrogen (secondary N) is 2. The second kappa shape index (κ2) is 7.89. The second-order valence-corrected chi connectivity index (χ2v) is 6.27. The lowest BCUT2D eigenvalue weighted by Gasteiger charge is -2.13. The molecule has 0 radical (unpaired) electrons. The summed E-state index contributed by atoms with van der Waals surface area (Å²) in [6.45, 7) is 1.72. The number of rotatable bonds is 5. The quantitative estimate of drug-likeness (QED) is 0.468. The van der Waals surface area contributed by atoms with Crippen LogP contribution in [0.25, 0.3) is 10.8 Å². The molecule has 3 rings (SSSR count). The third-order valence-electron chi connectivity index (χ3n) is 3.92. The summed E-state index contributed by atoms with van der Waals surface area (Å²) in [7, 11) is 0. The number of aromatic hydroxyl groups is 1. The molecule has 0 saturated heterocycles. The van der Waals surface area contributed by atoms with Crippen LogP contribution in [0.4, 0.5) is 5.69 Å². The number of phenols is 1. The van der Waals surface area contributed by atoms with Crippen molar-refractivity contribution in [2.24, 2.45) is 5.10 Å². The van der Waals surface area contributed by atoms with Crippen LogP contribution in [0.1, 0.15) is 12.5 Å². The van der Waals surface area contributed by atoms with Gasteiger partial charge < -0.3 is 10.4 Å². The Morgan fingerprint density at radius 3 is 2.77 bits per heavy atom. The SMILES string of the molecule is CC(Nc1cccc(Cl)c1)C(=O)NN=Cc1c(O)ccc2ccccc12. The first-order valence-electron chi connectivity index (χ1n) is 8.10. The number of amides is 1. The fourth-order valence-corrected chi connectivity index (χ4v) is 2.76. The van der Waals surface area contributed by atoms with Gasteiger partial charge >= 0.3 is 0 Å². The molecule has 0 fully saturated rings. The molecule has 0 spiro atoms. The van der Waals surface area contributed by atoms with E-state index in [2.05, 4.69) is 15.8 Å². The van der Waals surface area contributed by atoms with Crippen molar-refractivity contribution in [2.75, 3.05) is 5.32 Å². The highest BCUT2D eigenvalue weighted by atomic mass is 35.5. The number of fused-ring (bicyclic) bond motifs is 1. The Kier molecular flexibility index (Phi) is 5.39. The Labute approximate surface area is 156 Å². The van der Waals surface area contributed by atoms with Crippen LogP contribution in [-0.4, -0.2) is 23.3 Å². The van der Waals surface area contributed by atoms with E-state index in [-0.39, 0.29) is 11.7 Å². The van der Waals surface area contributed by atoms with Gasteiger partial charge in [-0.25, -0.2) is 5.43 Å². The maximum Gasteiger partial charge on any atom is 0.262 e. The van der Waals surface area contributed by atoms with E-state index in [1.54, 1.807) is 31.2 Å². The third kappa shape index (κ3) is 4.13. The zero-order valence-electron chi connectivity index (χ0n) is 14.1. The first kappa shape index (κ1) is 17.8. The highest BCUT2D eigenvalue weighted by Crippen LogP contribution is 2.25. The average Bonchev–Trinajstić information content (AvgIpc) is 2.63. The molecule has 26 heavy (non-hydrogen) atoms. The molecule has 0 aliphatic rings. The minimum Gasteiger partial charge on any atom is -0.507 e. The van der Waals surface area contributed by atoms with Crippen molar-refractivity contribution >= 4 is 40.2 Å². The third-order valence-corrected chi connectivity index (χ3v) is 4.15. The van der Waals surface area contributed by atoms with E-state index in [9.17, 15) is 9.90 Å². The van der Waals surface area contributed by atoms with Crippen molar-refractivity contribution in [3.05, 3.63) is 71.2 Å². The summed E-state index contributed by atoms with van der Waals surface area (Å²) < 4.78 is 0. The molecule has 3 N–H and O–H groups in total. The molecule has 3 aromatic rings. The van der Waals surface area contributed by atoms with E-state index in [0.29, 0.717) is 10.6 Å². The van der Waals surface area contributed by atoms with Gasteiger partial charge in [-0.1, -0.05) is 48.0 Å². The number of hydrogen-bond donors (Lipinski definition) is 3. The number of phenolic OH excluding ortho intramolecular Hbond substituents is 1. The number of benzene rings is 3. The Bertz CT molecular complexity index is 972. The number of hydrazone groups is 1. The van der Waals surface area contributed by atoms with Crippen LogP contribution in [0.3, 0.4) is 0 Å². The molecule has 0 saturated carbocycles. The Balaban J connectivity index is 1.68. The van der Waals surface area contributed by atoms with E-state index in [4.69, 9.17) is 11.6 Å². The van der Waals surface area contributed by atoms with Crippen LogP contribution in [0.5, 0.6) is 5.75 Å². The highest BCUT2D eigenvalue weighted by molar-refractivity contribution is 6.30. The summed E-state index contributed by atoms with van der Waals surface area (Å²) in [4.78, 5) is 12.2. The van der Waals surface area contributed by atoms with Crippen LogP contribution in [0.2, 0.25) is 5.02 Å². The van der Waals surface area contributed by atoms with Crippen LogP contribution in [-0.2, 0) is 4.79 Å². The van der Waals surface area contributed by atoms with Crippen molar-refractivity contribution in [1.82, 2.24) is 5.43 Å². The van der Waals surface area contributed by atoms with Crippen molar-refractivity contribution in [1.29, 1.82) is 0 Å². The number of halogens is 1. The molecule has 6 heteroatoms. The summed E-state index contributed by atoms with van der Waals surface area (Å²) in [5.41, 5.74) is 3.78. The number of hydrogen-bond acceptors (Lipinski definition) is 4. The lowest BCUT2D eigenvalue weighted by molar-refractivity contribution is -0.121. The van der Waals surface area contributed by atoms with Crippen LogP contribution in [0.15, 0.2) is 65.8 Å². The van der Waals surface area contributed by atoms with Crippen molar-refractivity contribution in [2.45, 2.75) is 13.0 Å². The Morgan fingerprint density at radius 2 is 1.96 bits per heavy atom. The van der Waals surface area contributed by atoms with Crippen LogP contribution in [0, 0.1) is 0 Å². The van der Waals surface area contributed by atoms with Crippen LogP contribution < -0.4 is 10.7 Å². The van der Waals surface area contributed by atoms with Crippen molar-refractivity contribution in [3.8, 4) is 5.75 Å². The van der Waals surface area contributed by atoms with Gasteiger partial charge in [-0.05, 0) is 42.0 Å². The van der Waals surface area contributed by atoms with E-state index >= 15 is 0 Å². The molecule has 0 aliphatic carbocycles. The minimum absolute atomic E-state index is 0.104. The summed E-state index contributed by atoms with van der Waals surface area (Å²) in [6, 6.07) is 17.7. The first-order chi connectivity index (χ1) is 12.5. The number of carbonyl (C=O) groups is 1. The van der Waals surface area contributed by atoms with Gasteiger partial charge in [0.05, 0.1) is 6.21 Å². The molecule has 1 amide bonds. The average molecular weight is 368 g/mol. The second-order valence-electron chi connectivity index (χ2n) is 5.83. The predicted octanol–water partition coefficient (Wildman–Crippen LogP) is 4.15. The summed E-state index contributed by atoms with van der Waals surface area (Å²) in [5.74, 6) is -0.201. The molecule has 3 aromatic carbocycles. The predicted molar refractivity (Wildman–Crippen MR) is 106 cm³/mol. The lowest BCUT2D eigenvalue weighted by Crippen LogP contribution is -2.34. The van der Waals surface area contributed by atoms with Gasteiger partial charge in [0.2, 0.25) is 0 Å². The zero-order chi connectivity index (χ0) is 18.5. The normalized spacial score (nSPS) is 12.2. The fraction of sp³-hybridized carbons (Fsp3) is 0.100. The van der Waals surface area contributed by atoms with Crippen LogP contribution >= 0.6 is 11.6 Å². The maximum atomic E-state index is 12.2. The molecule has 0 aliphatic heterocycles. The fourth-order valence-electron chi connectivity index (χ4n) is 2.57. The maximum absolute atomic E-state index is 12.2. The largest absolute Gasteiger partial charge is 0.507 e. The summed E-state index contributed by atoms with van der Waals surface area (Å²) >= 11 is 5.93. The van der Waals surface area contributed by atoms with Gasteiger partial charge in [-0.3, -0.25) is 4.79 Å². The zero-order valence-corrected chi connectivity index (χ0v) is 14.9. The summed E-state index contributed by atoms with van der Waals surface area (Å²) in [6.07, 6.45) is 1.45. The number of carbonyl (C=O) groups excluding carboxylic acids is 1. The molecule has 0 aromatic heterocycles. The van der Waals surface area contributed by atoms with E-state index in [0.717, 1.165) is 16.5 Å². The van der Waals surface area contributed by atoms with Gasteiger partial charge in [0.25, 0.3) is 5.91 Å². The smallest absolute Gasteiger partial charge is 0.262 e. The highest BCUT2D eigenvalue weighted by Gasteiger charge is 2.12. The van der Waals surface area contributed by atoms with Crippen molar-refractivity contribution in [3.63, 3.8) is 0 Å². The standard InChI is InChI=1S/C20H18ClN3O2/c1-13(23-16-7-4-6-15(21)11-16)20(26)24-22-12-18-17-8-3-2-5-14(17)9-10-19(18)25/h2-13,23,25H,1H3,(H,24,26). The van der Waals surface area contributed by atoms with E-state index < -0.39 is 6.04 Å². The van der Waals surface area contributed by atoms with Gasteiger partial charge in [0.15, 0.2) is 0 Å². The van der Waals surface area contributed by atoms with E-state index in [1.165, 1.54) is 6.21 Å². The molecular weight excluding hydrogens is 350 g/mol. The number of nitrogens with zero attached hydrogens (tertiary/aromatic N) is 1. The van der Waals surface area contributed by atoms with Gasteiger partial charge in [-0.15, -0.1) is 0 Å². The Hall–Kier alpha value is -3.05. The van der Waals surface area contributed by atoms with Gasteiger partial charge in [-0.2, -0.15) is 5.10 Å². The molecule has 1 unspecified atom stereocenters. The molecule has 1 atom stereocenters. The first-order valence-corrected chi connectivity index (χ1v) is 8.48.